The number of hydrogen-bond donors (Lipinski definition) is 1. The number of aryl methyl sites for hydroxylation is 2. The number of carbonyl (C=O) groups is 2. The van der Waals surface area contributed by atoms with E-state index in [2.05, 4.69) is 5.32 Å². The van der Waals surface area contributed by atoms with Crippen molar-refractivity contribution in [2.24, 2.45) is 0 Å². The van der Waals surface area contributed by atoms with Crippen LogP contribution in [0.1, 0.15) is 34.0 Å². The third kappa shape index (κ3) is 4.41. The summed E-state index contributed by atoms with van der Waals surface area (Å²) in [6.45, 7) is 5.22. The van der Waals surface area contributed by atoms with E-state index in [0.29, 0.717) is 17.1 Å². The first kappa shape index (κ1) is 22.4. The van der Waals surface area contributed by atoms with Crippen LogP contribution in [0.5, 0.6) is 0 Å². The number of amides is 2. The minimum Gasteiger partial charge on any atom is -0.326 e. The summed E-state index contributed by atoms with van der Waals surface area (Å²) in [4.78, 5) is 28.0. The molecule has 3 aromatic carbocycles. The van der Waals surface area contributed by atoms with Crippen LogP contribution in [0.4, 0.5) is 35.9 Å². The molecule has 8 heteroatoms. The van der Waals surface area contributed by atoms with Crippen LogP contribution in [0.2, 0.25) is 0 Å². The van der Waals surface area contributed by atoms with Crippen LogP contribution in [-0.2, 0) is 11.0 Å². The summed E-state index contributed by atoms with van der Waals surface area (Å²) in [5.41, 5.74) is 3.19. The molecule has 1 aliphatic heterocycles. The number of halogens is 3. The number of anilines is 4. The molecular formula is C25H22F3N3O2. The van der Waals surface area contributed by atoms with Crippen molar-refractivity contribution in [1.82, 2.24) is 0 Å². The molecule has 1 heterocycles. The minimum atomic E-state index is -4.53. The molecule has 0 unspecified atom stereocenters. The Morgan fingerprint density at radius 2 is 1.70 bits per heavy atom. The van der Waals surface area contributed by atoms with E-state index in [0.717, 1.165) is 23.3 Å². The van der Waals surface area contributed by atoms with Gasteiger partial charge in [0, 0.05) is 24.0 Å². The van der Waals surface area contributed by atoms with E-state index in [-0.39, 0.29) is 23.8 Å². The number of fused-ring (bicyclic) bond motifs is 1. The van der Waals surface area contributed by atoms with Crippen molar-refractivity contribution in [2.45, 2.75) is 26.9 Å². The number of alkyl halides is 3. The highest BCUT2D eigenvalue weighted by Gasteiger charge is 2.36. The first-order chi connectivity index (χ1) is 15.5. The highest BCUT2D eigenvalue weighted by molar-refractivity contribution is 6.13. The van der Waals surface area contributed by atoms with Gasteiger partial charge >= 0.3 is 6.18 Å². The van der Waals surface area contributed by atoms with Crippen molar-refractivity contribution < 1.29 is 22.8 Å². The Morgan fingerprint density at radius 3 is 2.36 bits per heavy atom. The molecule has 2 amide bonds. The maximum absolute atomic E-state index is 13.5. The van der Waals surface area contributed by atoms with Gasteiger partial charge in [0.1, 0.15) is 6.67 Å². The Bertz CT molecular complexity index is 1250. The van der Waals surface area contributed by atoms with Gasteiger partial charge < -0.3 is 10.2 Å². The molecule has 0 bridgehead atoms. The monoisotopic (exact) mass is 453 g/mol. The molecule has 3 aromatic rings. The largest absolute Gasteiger partial charge is 0.416 e. The summed E-state index contributed by atoms with van der Waals surface area (Å²) in [5, 5.41) is 2.69. The smallest absolute Gasteiger partial charge is 0.326 e. The lowest BCUT2D eigenvalue weighted by atomic mass is 10.0. The van der Waals surface area contributed by atoms with E-state index < -0.39 is 17.6 Å². The molecule has 0 saturated carbocycles. The number of benzene rings is 3. The minimum absolute atomic E-state index is 0.0145. The van der Waals surface area contributed by atoms with E-state index >= 15 is 0 Å². The van der Waals surface area contributed by atoms with Crippen molar-refractivity contribution >= 4 is 34.6 Å². The van der Waals surface area contributed by atoms with Crippen LogP contribution in [0, 0.1) is 13.8 Å². The highest BCUT2D eigenvalue weighted by atomic mass is 19.4. The number of nitrogens with zero attached hydrogens (tertiary/aromatic N) is 2. The molecule has 0 fully saturated rings. The zero-order valence-corrected chi connectivity index (χ0v) is 18.3. The first-order valence-corrected chi connectivity index (χ1v) is 10.3. The molecule has 0 spiro atoms. The lowest BCUT2D eigenvalue weighted by Crippen LogP contribution is -2.45. The molecule has 0 atom stereocenters. The van der Waals surface area contributed by atoms with E-state index in [9.17, 15) is 22.8 Å². The van der Waals surface area contributed by atoms with Crippen molar-refractivity contribution in [3.63, 3.8) is 0 Å². The van der Waals surface area contributed by atoms with E-state index in [1.165, 1.54) is 17.9 Å². The predicted molar refractivity (Wildman–Crippen MR) is 122 cm³/mol. The van der Waals surface area contributed by atoms with Crippen LogP contribution < -0.4 is 15.1 Å². The number of rotatable bonds is 3. The molecule has 0 radical (unpaired) electrons. The van der Waals surface area contributed by atoms with Gasteiger partial charge in [0.25, 0.3) is 5.91 Å². The summed E-state index contributed by atoms with van der Waals surface area (Å²) in [6.07, 6.45) is -4.53. The van der Waals surface area contributed by atoms with Crippen molar-refractivity contribution in [3.05, 3.63) is 82.9 Å². The van der Waals surface area contributed by atoms with Crippen LogP contribution in [0.15, 0.2) is 60.7 Å². The summed E-state index contributed by atoms with van der Waals surface area (Å²) >= 11 is 0. The van der Waals surface area contributed by atoms with Gasteiger partial charge in [-0.15, -0.1) is 0 Å². The quantitative estimate of drug-likeness (QED) is 0.526. The Labute approximate surface area is 189 Å². The predicted octanol–water partition coefficient (Wildman–Crippen LogP) is 6.04. The molecule has 0 saturated heterocycles. The molecular weight excluding hydrogens is 431 g/mol. The first-order valence-electron chi connectivity index (χ1n) is 10.3. The van der Waals surface area contributed by atoms with Crippen LogP contribution in [0.3, 0.4) is 0 Å². The van der Waals surface area contributed by atoms with Crippen molar-refractivity contribution in [2.75, 3.05) is 21.8 Å². The second kappa shape index (κ2) is 8.27. The third-order valence-corrected chi connectivity index (χ3v) is 5.50. The summed E-state index contributed by atoms with van der Waals surface area (Å²) < 4.78 is 40.4. The van der Waals surface area contributed by atoms with Gasteiger partial charge in [0.05, 0.1) is 16.8 Å². The second-order valence-electron chi connectivity index (χ2n) is 8.05. The molecule has 1 N–H and O–H groups in total. The van der Waals surface area contributed by atoms with E-state index in [1.54, 1.807) is 29.2 Å². The molecule has 0 aromatic heterocycles. The zero-order valence-electron chi connectivity index (χ0n) is 18.3. The van der Waals surface area contributed by atoms with Gasteiger partial charge in [-0.2, -0.15) is 13.2 Å². The topological polar surface area (TPSA) is 52.7 Å². The lowest BCUT2D eigenvalue weighted by Gasteiger charge is -2.39. The Hall–Kier alpha value is -3.81. The van der Waals surface area contributed by atoms with Gasteiger partial charge in [-0.05, 0) is 61.9 Å². The standard InChI is InChI=1S/C25H22F3N3O2/c1-15-7-10-22(16(2)11-15)31-14-30(20-6-4-5-19(13-20)29-17(3)32)24(33)21-9-8-18(12-23(21)31)25(26,27)28/h4-13H,14H2,1-3H3,(H,29,32). The fraction of sp³-hybridized carbons (Fsp3) is 0.200. The Morgan fingerprint density at radius 1 is 0.939 bits per heavy atom. The molecule has 4 rings (SSSR count). The van der Waals surface area contributed by atoms with Gasteiger partial charge in [-0.3, -0.25) is 14.5 Å². The number of nitrogens with one attached hydrogen (secondary N) is 1. The van der Waals surface area contributed by atoms with Crippen molar-refractivity contribution in [3.8, 4) is 0 Å². The second-order valence-corrected chi connectivity index (χ2v) is 8.05. The lowest BCUT2D eigenvalue weighted by molar-refractivity contribution is -0.137. The summed E-state index contributed by atoms with van der Waals surface area (Å²) in [5.74, 6) is -0.668. The fourth-order valence-corrected chi connectivity index (χ4v) is 4.01. The molecule has 0 aliphatic carbocycles. The Kier molecular flexibility index (Phi) is 5.61. The molecule has 170 valence electrons. The van der Waals surface area contributed by atoms with Gasteiger partial charge in [-0.1, -0.05) is 23.8 Å². The van der Waals surface area contributed by atoms with E-state index in [4.69, 9.17) is 0 Å². The van der Waals surface area contributed by atoms with Crippen LogP contribution >= 0.6 is 0 Å². The fourth-order valence-electron chi connectivity index (χ4n) is 4.01. The van der Waals surface area contributed by atoms with E-state index in [1.807, 2.05) is 32.0 Å². The van der Waals surface area contributed by atoms with Crippen LogP contribution in [0.25, 0.3) is 0 Å². The third-order valence-electron chi connectivity index (χ3n) is 5.50. The van der Waals surface area contributed by atoms with Crippen LogP contribution in [-0.4, -0.2) is 18.5 Å². The Balaban J connectivity index is 1.86. The summed E-state index contributed by atoms with van der Waals surface area (Å²) in [7, 11) is 0. The maximum atomic E-state index is 13.5. The average Bonchev–Trinajstić information content (AvgIpc) is 2.73. The average molecular weight is 453 g/mol. The van der Waals surface area contributed by atoms with Crippen molar-refractivity contribution in [1.29, 1.82) is 0 Å². The number of hydrogen-bond acceptors (Lipinski definition) is 3. The van der Waals surface area contributed by atoms with Gasteiger partial charge in [0.15, 0.2) is 0 Å². The SMILES string of the molecule is CC(=O)Nc1cccc(N2CN(c3ccc(C)cc3C)c3cc(C(F)(F)F)ccc3C2=O)c1. The number of carbonyl (C=O) groups excluding carboxylic acids is 2. The zero-order chi connectivity index (χ0) is 23.9. The molecule has 33 heavy (non-hydrogen) atoms. The summed E-state index contributed by atoms with van der Waals surface area (Å²) in [6, 6.07) is 15.6. The maximum Gasteiger partial charge on any atom is 0.416 e. The molecule has 1 aliphatic rings. The highest BCUT2D eigenvalue weighted by Crippen LogP contribution is 2.41. The van der Waals surface area contributed by atoms with Gasteiger partial charge in [-0.25, -0.2) is 0 Å². The normalized spacial score (nSPS) is 13.7. The molecule has 5 nitrogen and oxygen atoms in total. The van der Waals surface area contributed by atoms with Gasteiger partial charge in [0.2, 0.25) is 5.91 Å².